The van der Waals surface area contributed by atoms with Gasteiger partial charge in [0.2, 0.25) is 0 Å². The van der Waals surface area contributed by atoms with Crippen LogP contribution in [0.4, 0.5) is 0 Å². The van der Waals surface area contributed by atoms with Gasteiger partial charge in [0.25, 0.3) is 0 Å². The SMILES string of the molecule is CN(C)CCOC1=CCCC(c2ccc(Cl)cc2)=C1. The molecule has 0 spiro atoms. The quantitative estimate of drug-likeness (QED) is 0.807. The zero-order valence-corrected chi connectivity index (χ0v) is 12.3. The second-order valence-corrected chi connectivity index (χ2v) is 5.41. The molecule has 0 saturated heterocycles. The van der Waals surface area contributed by atoms with E-state index >= 15 is 0 Å². The highest BCUT2D eigenvalue weighted by atomic mass is 35.5. The molecule has 2 rings (SSSR count). The van der Waals surface area contributed by atoms with Crippen molar-refractivity contribution in [2.75, 3.05) is 27.2 Å². The topological polar surface area (TPSA) is 12.5 Å². The van der Waals surface area contributed by atoms with Gasteiger partial charge in [0.05, 0.1) is 0 Å². The van der Waals surface area contributed by atoms with Crippen LogP contribution in [0.2, 0.25) is 5.02 Å². The Morgan fingerprint density at radius 3 is 2.63 bits per heavy atom. The monoisotopic (exact) mass is 277 g/mol. The van der Waals surface area contributed by atoms with Gasteiger partial charge in [-0.15, -0.1) is 0 Å². The summed E-state index contributed by atoms with van der Waals surface area (Å²) in [7, 11) is 4.10. The van der Waals surface area contributed by atoms with E-state index in [-0.39, 0.29) is 0 Å². The number of benzene rings is 1. The number of allylic oxidation sites excluding steroid dienone is 3. The lowest BCUT2D eigenvalue weighted by molar-refractivity contribution is 0.191. The van der Waals surface area contributed by atoms with Crippen molar-refractivity contribution in [3.05, 3.63) is 52.8 Å². The van der Waals surface area contributed by atoms with Gasteiger partial charge in [0.1, 0.15) is 12.4 Å². The molecule has 1 aliphatic rings. The lowest BCUT2D eigenvalue weighted by Gasteiger charge is -2.16. The fraction of sp³-hybridized carbons (Fsp3) is 0.375. The normalized spacial score (nSPS) is 15.2. The summed E-state index contributed by atoms with van der Waals surface area (Å²) in [6, 6.07) is 8.00. The molecule has 1 aliphatic carbocycles. The minimum Gasteiger partial charge on any atom is -0.493 e. The summed E-state index contributed by atoms with van der Waals surface area (Å²) in [5, 5.41) is 0.776. The van der Waals surface area contributed by atoms with Gasteiger partial charge in [-0.3, -0.25) is 0 Å². The van der Waals surface area contributed by atoms with Gasteiger partial charge in [0, 0.05) is 11.6 Å². The second kappa shape index (κ2) is 6.78. The summed E-state index contributed by atoms with van der Waals surface area (Å²) in [4.78, 5) is 2.12. The third-order valence-electron chi connectivity index (χ3n) is 3.10. The summed E-state index contributed by atoms with van der Waals surface area (Å²) < 4.78 is 5.79. The van der Waals surface area contributed by atoms with Gasteiger partial charge in [-0.1, -0.05) is 23.7 Å². The first-order chi connectivity index (χ1) is 9.15. The molecule has 0 fully saturated rings. The van der Waals surface area contributed by atoms with Gasteiger partial charge < -0.3 is 9.64 Å². The van der Waals surface area contributed by atoms with E-state index in [2.05, 4.69) is 29.2 Å². The van der Waals surface area contributed by atoms with E-state index in [1.54, 1.807) is 0 Å². The van der Waals surface area contributed by atoms with Gasteiger partial charge in [-0.2, -0.15) is 0 Å². The average molecular weight is 278 g/mol. The Morgan fingerprint density at radius 1 is 1.21 bits per heavy atom. The molecule has 0 N–H and O–H groups in total. The predicted octanol–water partition coefficient (Wildman–Crippen LogP) is 3.98. The van der Waals surface area contributed by atoms with Crippen LogP contribution in [0.15, 0.2) is 42.2 Å². The maximum absolute atomic E-state index is 5.92. The second-order valence-electron chi connectivity index (χ2n) is 4.97. The molecule has 0 unspecified atom stereocenters. The van der Waals surface area contributed by atoms with E-state index in [1.807, 2.05) is 26.2 Å². The Hall–Kier alpha value is -1.25. The summed E-state index contributed by atoms with van der Waals surface area (Å²) in [5.74, 6) is 0.984. The molecule has 1 aromatic rings. The van der Waals surface area contributed by atoms with Crippen molar-refractivity contribution in [3.8, 4) is 0 Å². The van der Waals surface area contributed by atoms with Crippen molar-refractivity contribution in [3.63, 3.8) is 0 Å². The van der Waals surface area contributed by atoms with E-state index in [0.29, 0.717) is 0 Å². The number of nitrogens with zero attached hydrogens (tertiary/aromatic N) is 1. The number of hydrogen-bond donors (Lipinski definition) is 0. The van der Waals surface area contributed by atoms with Crippen LogP contribution >= 0.6 is 11.6 Å². The molecular weight excluding hydrogens is 258 g/mol. The van der Waals surface area contributed by atoms with Gasteiger partial charge in [-0.25, -0.2) is 0 Å². The molecule has 19 heavy (non-hydrogen) atoms. The molecule has 0 aromatic heterocycles. The summed E-state index contributed by atoms with van der Waals surface area (Å²) in [5.41, 5.74) is 2.55. The van der Waals surface area contributed by atoms with Crippen molar-refractivity contribution in [2.24, 2.45) is 0 Å². The van der Waals surface area contributed by atoms with Gasteiger partial charge in [-0.05, 0) is 62.4 Å². The highest BCUT2D eigenvalue weighted by Crippen LogP contribution is 2.27. The minimum absolute atomic E-state index is 0.725. The van der Waals surface area contributed by atoms with Crippen LogP contribution in [0.3, 0.4) is 0 Å². The largest absolute Gasteiger partial charge is 0.493 e. The van der Waals surface area contributed by atoms with E-state index in [9.17, 15) is 0 Å². The highest BCUT2D eigenvalue weighted by Gasteiger charge is 2.08. The van der Waals surface area contributed by atoms with Crippen LogP contribution in [0.25, 0.3) is 5.57 Å². The van der Waals surface area contributed by atoms with Gasteiger partial charge >= 0.3 is 0 Å². The predicted molar refractivity (Wildman–Crippen MR) is 81.3 cm³/mol. The molecule has 0 atom stereocenters. The van der Waals surface area contributed by atoms with Crippen molar-refractivity contribution in [2.45, 2.75) is 12.8 Å². The number of rotatable bonds is 5. The zero-order valence-electron chi connectivity index (χ0n) is 11.5. The molecule has 102 valence electrons. The molecule has 0 bridgehead atoms. The third-order valence-corrected chi connectivity index (χ3v) is 3.35. The van der Waals surface area contributed by atoms with E-state index in [0.717, 1.165) is 36.8 Å². The molecule has 0 saturated carbocycles. The first kappa shape index (κ1) is 14.2. The van der Waals surface area contributed by atoms with Crippen LogP contribution < -0.4 is 0 Å². The van der Waals surface area contributed by atoms with E-state index < -0.39 is 0 Å². The van der Waals surface area contributed by atoms with Gasteiger partial charge in [0.15, 0.2) is 0 Å². The maximum Gasteiger partial charge on any atom is 0.115 e. The minimum atomic E-state index is 0.725. The smallest absolute Gasteiger partial charge is 0.115 e. The molecule has 2 nitrogen and oxygen atoms in total. The maximum atomic E-state index is 5.92. The van der Waals surface area contributed by atoms with Crippen LogP contribution in [0, 0.1) is 0 Å². The van der Waals surface area contributed by atoms with Crippen LogP contribution in [-0.2, 0) is 4.74 Å². The van der Waals surface area contributed by atoms with Crippen molar-refractivity contribution in [1.29, 1.82) is 0 Å². The molecule has 0 amide bonds. The zero-order chi connectivity index (χ0) is 13.7. The molecular formula is C16H20ClNO. The van der Waals surface area contributed by atoms with Crippen molar-refractivity contribution >= 4 is 17.2 Å². The average Bonchev–Trinajstić information content (AvgIpc) is 2.39. The molecule has 1 aromatic carbocycles. The third kappa shape index (κ3) is 4.41. The Labute approximate surface area is 120 Å². The molecule has 0 radical (unpaired) electrons. The first-order valence-corrected chi connectivity index (χ1v) is 6.97. The Bertz CT molecular complexity index is 474. The highest BCUT2D eigenvalue weighted by molar-refractivity contribution is 6.30. The summed E-state index contributed by atoms with van der Waals surface area (Å²) in [6.07, 6.45) is 6.39. The van der Waals surface area contributed by atoms with E-state index in [4.69, 9.17) is 16.3 Å². The number of halogens is 1. The number of hydrogen-bond acceptors (Lipinski definition) is 2. The number of likely N-dealkylation sites (N-methyl/N-ethyl adjacent to an activating group) is 1. The fourth-order valence-corrected chi connectivity index (χ4v) is 2.14. The first-order valence-electron chi connectivity index (χ1n) is 6.59. The van der Waals surface area contributed by atoms with Crippen molar-refractivity contribution < 1.29 is 4.74 Å². The number of ether oxygens (including phenoxy) is 1. The van der Waals surface area contributed by atoms with Crippen LogP contribution in [0.5, 0.6) is 0 Å². The molecule has 3 heteroatoms. The summed E-state index contributed by atoms with van der Waals surface area (Å²) >= 11 is 5.92. The summed E-state index contributed by atoms with van der Waals surface area (Å²) in [6.45, 7) is 1.66. The molecule has 0 aliphatic heterocycles. The van der Waals surface area contributed by atoms with E-state index in [1.165, 1.54) is 11.1 Å². The Morgan fingerprint density at radius 2 is 1.95 bits per heavy atom. The lowest BCUT2D eigenvalue weighted by Crippen LogP contribution is -2.17. The van der Waals surface area contributed by atoms with Crippen molar-refractivity contribution in [1.82, 2.24) is 4.90 Å². The fourth-order valence-electron chi connectivity index (χ4n) is 2.01. The van der Waals surface area contributed by atoms with Crippen LogP contribution in [-0.4, -0.2) is 32.1 Å². The standard InChI is InChI=1S/C16H20ClNO/c1-18(2)10-11-19-16-5-3-4-14(12-16)13-6-8-15(17)9-7-13/h5-9,12H,3-4,10-11H2,1-2H3. The Balaban J connectivity index is 2.00. The molecule has 0 heterocycles. The van der Waals surface area contributed by atoms with Crippen LogP contribution in [0.1, 0.15) is 18.4 Å². The lowest BCUT2D eigenvalue weighted by atomic mass is 9.97. The Kier molecular flexibility index (Phi) is 5.06.